The quantitative estimate of drug-likeness (QED) is 0.819. The van der Waals surface area contributed by atoms with Crippen molar-refractivity contribution in [3.05, 3.63) is 29.8 Å². The Bertz CT molecular complexity index is 309. The van der Waals surface area contributed by atoms with E-state index in [-0.39, 0.29) is 12.6 Å². The first kappa shape index (κ1) is 12.1. The highest BCUT2D eigenvalue weighted by Gasteiger charge is 2.18. The number of nitrogens with zero attached hydrogens (tertiary/aromatic N) is 1. The predicted octanol–water partition coefficient (Wildman–Crippen LogP) is 2.45. The number of likely N-dealkylation sites (N-methyl/N-ethyl adjacent to an activating group) is 1. The number of benzene rings is 1. The first-order valence-corrected chi connectivity index (χ1v) is 5.47. The predicted molar refractivity (Wildman–Crippen MR) is 65.3 cm³/mol. The van der Waals surface area contributed by atoms with Crippen LogP contribution in [-0.2, 0) is 0 Å². The van der Waals surface area contributed by atoms with Gasteiger partial charge in [0.2, 0.25) is 0 Å². The summed E-state index contributed by atoms with van der Waals surface area (Å²) in [6.07, 6.45) is 0. The second kappa shape index (κ2) is 5.17. The first-order chi connectivity index (χ1) is 7.07. The molecule has 2 heteroatoms. The van der Waals surface area contributed by atoms with E-state index >= 15 is 0 Å². The molecule has 0 amide bonds. The topological polar surface area (TPSA) is 23.5 Å². The van der Waals surface area contributed by atoms with E-state index in [2.05, 4.69) is 37.8 Å². The highest BCUT2D eigenvalue weighted by Crippen LogP contribution is 2.22. The van der Waals surface area contributed by atoms with Gasteiger partial charge in [0.15, 0.2) is 0 Å². The zero-order valence-electron chi connectivity index (χ0n) is 10.1. The van der Waals surface area contributed by atoms with Crippen LogP contribution >= 0.6 is 0 Å². The summed E-state index contributed by atoms with van der Waals surface area (Å²) in [4.78, 5) is 2.17. The Balaban J connectivity index is 2.92. The molecule has 0 spiro atoms. The van der Waals surface area contributed by atoms with Gasteiger partial charge in [-0.2, -0.15) is 0 Å². The van der Waals surface area contributed by atoms with E-state index in [1.807, 2.05) is 19.2 Å². The zero-order chi connectivity index (χ0) is 11.4. The Hall–Kier alpha value is -1.02. The molecule has 0 fully saturated rings. The fourth-order valence-corrected chi connectivity index (χ4v) is 1.92. The lowest BCUT2D eigenvalue weighted by Crippen LogP contribution is -2.39. The summed E-state index contributed by atoms with van der Waals surface area (Å²) in [6, 6.07) is 8.45. The molecule has 0 aliphatic carbocycles. The van der Waals surface area contributed by atoms with Crippen LogP contribution in [0.25, 0.3) is 0 Å². The maximum absolute atomic E-state index is 9.38. The number of aliphatic hydroxyl groups is 1. The molecule has 0 radical (unpaired) electrons. The molecule has 0 saturated heterocycles. The molecule has 0 saturated carbocycles. The van der Waals surface area contributed by atoms with Crippen LogP contribution in [-0.4, -0.2) is 24.8 Å². The Morgan fingerprint density at radius 1 is 1.27 bits per heavy atom. The molecule has 1 atom stereocenters. The maximum Gasteiger partial charge on any atom is 0.0637 e. The molecule has 1 N–H and O–H groups in total. The fourth-order valence-electron chi connectivity index (χ4n) is 1.92. The molecular formula is C13H21NO. The molecule has 1 rings (SSSR count). The van der Waals surface area contributed by atoms with E-state index in [1.165, 1.54) is 11.3 Å². The molecule has 0 bridgehead atoms. The van der Waals surface area contributed by atoms with E-state index in [0.717, 1.165) is 0 Å². The average Bonchev–Trinajstić information content (AvgIpc) is 2.18. The SMILES string of the molecule is Cc1ccccc1N(C)C(CO)C(C)C. The normalized spacial score (nSPS) is 12.9. The minimum Gasteiger partial charge on any atom is -0.394 e. The molecule has 0 aromatic heterocycles. The van der Waals surface area contributed by atoms with Gasteiger partial charge in [0.1, 0.15) is 0 Å². The Labute approximate surface area is 92.5 Å². The lowest BCUT2D eigenvalue weighted by molar-refractivity contribution is 0.234. The molecule has 84 valence electrons. The van der Waals surface area contributed by atoms with Gasteiger partial charge in [0, 0.05) is 12.7 Å². The first-order valence-electron chi connectivity index (χ1n) is 5.47. The van der Waals surface area contributed by atoms with E-state index in [1.54, 1.807) is 0 Å². The van der Waals surface area contributed by atoms with Crippen LogP contribution in [0.15, 0.2) is 24.3 Å². The molecule has 0 aliphatic heterocycles. The van der Waals surface area contributed by atoms with E-state index in [0.29, 0.717) is 5.92 Å². The van der Waals surface area contributed by atoms with Crippen LogP contribution < -0.4 is 4.90 Å². The summed E-state index contributed by atoms with van der Waals surface area (Å²) in [5, 5.41) is 9.38. The standard InChI is InChI=1S/C13H21NO/c1-10(2)13(9-15)14(4)12-8-6-5-7-11(12)3/h5-8,10,13,15H,9H2,1-4H3. The summed E-state index contributed by atoms with van der Waals surface area (Å²) in [5.41, 5.74) is 2.45. The van der Waals surface area contributed by atoms with Crippen LogP contribution in [0.5, 0.6) is 0 Å². The zero-order valence-corrected chi connectivity index (χ0v) is 10.1. The van der Waals surface area contributed by atoms with Crippen molar-refractivity contribution in [2.24, 2.45) is 5.92 Å². The van der Waals surface area contributed by atoms with Crippen LogP contribution in [0, 0.1) is 12.8 Å². The van der Waals surface area contributed by atoms with Gasteiger partial charge in [0.25, 0.3) is 0 Å². The molecule has 1 aromatic rings. The molecule has 0 aliphatic rings. The lowest BCUT2D eigenvalue weighted by Gasteiger charge is -2.32. The summed E-state index contributed by atoms with van der Waals surface area (Å²) in [6.45, 7) is 6.56. The lowest BCUT2D eigenvalue weighted by atomic mass is 10.0. The fraction of sp³-hybridized carbons (Fsp3) is 0.538. The molecule has 0 heterocycles. The highest BCUT2D eigenvalue weighted by atomic mass is 16.3. The summed E-state index contributed by atoms with van der Waals surface area (Å²) >= 11 is 0. The second-order valence-corrected chi connectivity index (χ2v) is 4.39. The second-order valence-electron chi connectivity index (χ2n) is 4.39. The van der Waals surface area contributed by atoms with Crippen molar-refractivity contribution in [2.45, 2.75) is 26.8 Å². The van der Waals surface area contributed by atoms with Crippen molar-refractivity contribution in [3.63, 3.8) is 0 Å². The van der Waals surface area contributed by atoms with Crippen molar-refractivity contribution in [1.82, 2.24) is 0 Å². The van der Waals surface area contributed by atoms with Gasteiger partial charge in [-0.3, -0.25) is 0 Å². The van der Waals surface area contributed by atoms with E-state index in [9.17, 15) is 5.11 Å². The van der Waals surface area contributed by atoms with Gasteiger partial charge in [-0.15, -0.1) is 0 Å². The molecular weight excluding hydrogens is 186 g/mol. The minimum atomic E-state index is 0.186. The van der Waals surface area contributed by atoms with Crippen LogP contribution in [0.3, 0.4) is 0 Å². The highest BCUT2D eigenvalue weighted by molar-refractivity contribution is 5.53. The number of aliphatic hydroxyl groups excluding tert-OH is 1. The van der Waals surface area contributed by atoms with Crippen LogP contribution in [0.1, 0.15) is 19.4 Å². The Kier molecular flexibility index (Phi) is 4.15. The molecule has 15 heavy (non-hydrogen) atoms. The number of para-hydroxylation sites is 1. The molecule has 2 nitrogen and oxygen atoms in total. The van der Waals surface area contributed by atoms with E-state index in [4.69, 9.17) is 0 Å². The third kappa shape index (κ3) is 2.72. The molecule has 1 unspecified atom stereocenters. The van der Waals surface area contributed by atoms with Crippen molar-refractivity contribution in [3.8, 4) is 0 Å². The number of hydrogen-bond acceptors (Lipinski definition) is 2. The van der Waals surface area contributed by atoms with Crippen LogP contribution in [0.2, 0.25) is 0 Å². The van der Waals surface area contributed by atoms with Crippen LogP contribution in [0.4, 0.5) is 5.69 Å². The van der Waals surface area contributed by atoms with Gasteiger partial charge >= 0.3 is 0 Å². The minimum absolute atomic E-state index is 0.186. The van der Waals surface area contributed by atoms with E-state index < -0.39 is 0 Å². The van der Waals surface area contributed by atoms with Gasteiger partial charge in [-0.05, 0) is 24.5 Å². The van der Waals surface area contributed by atoms with Gasteiger partial charge in [-0.1, -0.05) is 32.0 Å². The third-order valence-corrected chi connectivity index (χ3v) is 2.95. The van der Waals surface area contributed by atoms with Crippen molar-refractivity contribution >= 4 is 5.69 Å². The maximum atomic E-state index is 9.38. The Morgan fingerprint density at radius 2 is 1.87 bits per heavy atom. The number of anilines is 1. The summed E-state index contributed by atoms with van der Waals surface area (Å²) < 4.78 is 0. The Morgan fingerprint density at radius 3 is 2.33 bits per heavy atom. The average molecular weight is 207 g/mol. The largest absolute Gasteiger partial charge is 0.394 e. The number of rotatable bonds is 4. The molecule has 1 aromatic carbocycles. The monoisotopic (exact) mass is 207 g/mol. The third-order valence-electron chi connectivity index (χ3n) is 2.95. The summed E-state index contributed by atoms with van der Waals surface area (Å²) in [5.74, 6) is 0.444. The van der Waals surface area contributed by atoms with Gasteiger partial charge < -0.3 is 10.0 Å². The number of aryl methyl sites for hydroxylation is 1. The van der Waals surface area contributed by atoms with Crippen molar-refractivity contribution in [1.29, 1.82) is 0 Å². The van der Waals surface area contributed by atoms with Gasteiger partial charge in [-0.25, -0.2) is 0 Å². The van der Waals surface area contributed by atoms with Gasteiger partial charge in [0.05, 0.1) is 12.6 Å². The smallest absolute Gasteiger partial charge is 0.0637 e. The summed E-state index contributed by atoms with van der Waals surface area (Å²) in [7, 11) is 2.04. The van der Waals surface area contributed by atoms with Crippen molar-refractivity contribution < 1.29 is 5.11 Å². The number of hydrogen-bond donors (Lipinski definition) is 1. The van der Waals surface area contributed by atoms with Crippen molar-refractivity contribution in [2.75, 3.05) is 18.6 Å².